The van der Waals surface area contributed by atoms with E-state index in [1.54, 1.807) is 0 Å². The molecule has 0 aliphatic rings. The molecular formula is C23H28N4O2. The molecular weight excluding hydrogens is 364 g/mol. The Balaban J connectivity index is 1.63. The number of hydrogen-bond acceptors (Lipinski definition) is 4. The first kappa shape index (κ1) is 22.0. The van der Waals surface area contributed by atoms with Crippen molar-refractivity contribution in [2.24, 2.45) is 10.2 Å². The summed E-state index contributed by atoms with van der Waals surface area (Å²) < 4.78 is 0. The van der Waals surface area contributed by atoms with Crippen molar-refractivity contribution < 1.29 is 9.59 Å². The van der Waals surface area contributed by atoms with Gasteiger partial charge in [0.1, 0.15) is 0 Å². The Morgan fingerprint density at radius 1 is 0.690 bits per heavy atom. The minimum absolute atomic E-state index is 0.200. The standard InChI is InChI=1S/C23H28N4O2/c1-18(16-20-10-5-3-6-11-20)24-26-22(28)14-9-15-23(29)27-25-19(2)17-21-12-7-4-8-13-21/h3-8,10-13H,9,14-17H2,1-2H3,(H,26,28)(H,27,29)/b24-18-,25-19-. The monoisotopic (exact) mass is 392 g/mol. The predicted octanol–water partition coefficient (Wildman–Crippen LogP) is 3.63. The van der Waals surface area contributed by atoms with Gasteiger partial charge in [-0.2, -0.15) is 10.2 Å². The Kier molecular flexibility index (Phi) is 9.29. The minimum Gasteiger partial charge on any atom is -0.273 e. The highest BCUT2D eigenvalue weighted by molar-refractivity contribution is 5.87. The van der Waals surface area contributed by atoms with E-state index in [1.165, 1.54) is 0 Å². The average molecular weight is 393 g/mol. The molecule has 0 heterocycles. The molecule has 0 saturated heterocycles. The van der Waals surface area contributed by atoms with Crippen molar-refractivity contribution in [2.45, 2.75) is 46.0 Å². The Bertz CT molecular complexity index is 774. The van der Waals surface area contributed by atoms with Gasteiger partial charge in [0, 0.05) is 37.1 Å². The zero-order valence-corrected chi connectivity index (χ0v) is 17.0. The molecule has 2 amide bonds. The van der Waals surface area contributed by atoms with Crippen molar-refractivity contribution in [1.29, 1.82) is 0 Å². The molecule has 0 unspecified atom stereocenters. The summed E-state index contributed by atoms with van der Waals surface area (Å²) in [5.74, 6) is -0.400. The highest BCUT2D eigenvalue weighted by Gasteiger charge is 2.05. The summed E-state index contributed by atoms with van der Waals surface area (Å²) >= 11 is 0. The minimum atomic E-state index is -0.200. The molecule has 29 heavy (non-hydrogen) atoms. The smallest absolute Gasteiger partial charge is 0.240 e. The van der Waals surface area contributed by atoms with Crippen molar-refractivity contribution in [2.75, 3.05) is 0 Å². The molecule has 0 saturated carbocycles. The van der Waals surface area contributed by atoms with Crippen LogP contribution < -0.4 is 10.9 Å². The van der Waals surface area contributed by atoms with Crippen molar-refractivity contribution in [3.63, 3.8) is 0 Å². The number of nitrogens with one attached hydrogen (secondary N) is 2. The molecule has 6 heteroatoms. The summed E-state index contributed by atoms with van der Waals surface area (Å²) in [5, 5.41) is 8.22. The molecule has 2 N–H and O–H groups in total. The zero-order chi connectivity index (χ0) is 20.9. The van der Waals surface area contributed by atoms with Gasteiger partial charge in [-0.3, -0.25) is 9.59 Å². The van der Waals surface area contributed by atoms with Crippen molar-refractivity contribution in [1.82, 2.24) is 10.9 Å². The van der Waals surface area contributed by atoms with E-state index in [2.05, 4.69) is 21.1 Å². The van der Waals surface area contributed by atoms with E-state index >= 15 is 0 Å². The van der Waals surface area contributed by atoms with Crippen LogP contribution in [0, 0.1) is 0 Å². The van der Waals surface area contributed by atoms with Gasteiger partial charge in [0.05, 0.1) is 0 Å². The van der Waals surface area contributed by atoms with Gasteiger partial charge in [0.25, 0.3) is 0 Å². The topological polar surface area (TPSA) is 82.9 Å². The molecule has 2 rings (SSSR count). The van der Waals surface area contributed by atoms with Crippen molar-refractivity contribution >= 4 is 23.2 Å². The van der Waals surface area contributed by atoms with E-state index < -0.39 is 0 Å². The molecule has 0 spiro atoms. The lowest BCUT2D eigenvalue weighted by molar-refractivity contribution is -0.122. The predicted molar refractivity (Wildman–Crippen MR) is 117 cm³/mol. The number of carbonyl (C=O) groups is 2. The fourth-order valence-electron chi connectivity index (χ4n) is 2.70. The lowest BCUT2D eigenvalue weighted by Crippen LogP contribution is -2.22. The molecule has 2 aromatic carbocycles. The number of hydrogen-bond donors (Lipinski definition) is 2. The highest BCUT2D eigenvalue weighted by atomic mass is 16.2. The fourth-order valence-corrected chi connectivity index (χ4v) is 2.70. The zero-order valence-electron chi connectivity index (χ0n) is 17.0. The van der Waals surface area contributed by atoms with Gasteiger partial charge in [-0.15, -0.1) is 0 Å². The van der Waals surface area contributed by atoms with Gasteiger partial charge in [-0.1, -0.05) is 60.7 Å². The molecule has 0 aliphatic carbocycles. The summed E-state index contributed by atoms with van der Waals surface area (Å²) in [4.78, 5) is 23.7. The van der Waals surface area contributed by atoms with Crippen LogP contribution in [0.2, 0.25) is 0 Å². The highest BCUT2D eigenvalue weighted by Crippen LogP contribution is 2.02. The first-order valence-electron chi connectivity index (χ1n) is 9.75. The Morgan fingerprint density at radius 2 is 1.07 bits per heavy atom. The van der Waals surface area contributed by atoms with Gasteiger partial charge in [0.15, 0.2) is 0 Å². The van der Waals surface area contributed by atoms with E-state index in [9.17, 15) is 9.59 Å². The fraction of sp³-hybridized carbons (Fsp3) is 0.304. The van der Waals surface area contributed by atoms with Gasteiger partial charge in [-0.05, 0) is 31.4 Å². The van der Waals surface area contributed by atoms with Crippen LogP contribution in [0.25, 0.3) is 0 Å². The van der Waals surface area contributed by atoms with Crippen molar-refractivity contribution in [3.05, 3.63) is 71.8 Å². The first-order chi connectivity index (χ1) is 14.0. The van der Waals surface area contributed by atoms with Crippen LogP contribution in [0.15, 0.2) is 70.9 Å². The number of amides is 2. The third kappa shape index (κ3) is 9.46. The van der Waals surface area contributed by atoms with Crippen LogP contribution in [0.4, 0.5) is 0 Å². The lowest BCUT2D eigenvalue weighted by Gasteiger charge is -2.04. The van der Waals surface area contributed by atoms with E-state index in [0.717, 1.165) is 22.6 Å². The van der Waals surface area contributed by atoms with Crippen LogP contribution in [-0.2, 0) is 22.4 Å². The van der Waals surface area contributed by atoms with Crippen molar-refractivity contribution in [3.8, 4) is 0 Å². The lowest BCUT2D eigenvalue weighted by atomic mass is 10.1. The summed E-state index contributed by atoms with van der Waals surface area (Å²) in [6, 6.07) is 19.9. The second-order valence-corrected chi connectivity index (χ2v) is 6.94. The molecule has 152 valence electrons. The second-order valence-electron chi connectivity index (χ2n) is 6.94. The maximum Gasteiger partial charge on any atom is 0.240 e. The summed E-state index contributed by atoms with van der Waals surface area (Å²) in [6.45, 7) is 3.74. The molecule has 0 radical (unpaired) electrons. The summed E-state index contributed by atoms with van der Waals surface area (Å²) in [6.07, 6.45) is 2.29. The van der Waals surface area contributed by atoms with E-state index in [0.29, 0.717) is 19.3 Å². The quantitative estimate of drug-likeness (QED) is 0.478. The molecule has 6 nitrogen and oxygen atoms in total. The number of rotatable bonds is 10. The third-order valence-electron chi connectivity index (χ3n) is 4.16. The maximum absolute atomic E-state index is 11.9. The van der Waals surface area contributed by atoms with Crippen LogP contribution in [0.1, 0.15) is 44.2 Å². The van der Waals surface area contributed by atoms with Gasteiger partial charge >= 0.3 is 0 Å². The molecule has 0 bridgehead atoms. The SMILES string of the molecule is C/C(Cc1ccccc1)=N/NC(=O)CCCC(=O)N/N=C(/C)Cc1ccccc1. The van der Waals surface area contributed by atoms with E-state index in [1.807, 2.05) is 74.5 Å². The van der Waals surface area contributed by atoms with Crippen LogP contribution in [0.3, 0.4) is 0 Å². The third-order valence-corrected chi connectivity index (χ3v) is 4.16. The molecule has 0 fully saturated rings. The largest absolute Gasteiger partial charge is 0.273 e. The summed E-state index contributed by atoms with van der Waals surface area (Å²) in [5.41, 5.74) is 9.02. The summed E-state index contributed by atoms with van der Waals surface area (Å²) in [7, 11) is 0. The van der Waals surface area contributed by atoms with Crippen LogP contribution in [-0.4, -0.2) is 23.2 Å². The first-order valence-corrected chi connectivity index (χ1v) is 9.75. The Hall–Kier alpha value is -3.28. The van der Waals surface area contributed by atoms with E-state index in [4.69, 9.17) is 0 Å². The van der Waals surface area contributed by atoms with Crippen LogP contribution >= 0.6 is 0 Å². The molecule has 0 atom stereocenters. The molecule has 0 aliphatic heterocycles. The normalized spacial score (nSPS) is 11.8. The van der Waals surface area contributed by atoms with E-state index in [-0.39, 0.29) is 24.7 Å². The average Bonchev–Trinajstić information content (AvgIpc) is 2.72. The number of benzene rings is 2. The Morgan fingerprint density at radius 3 is 1.45 bits per heavy atom. The number of nitrogens with zero attached hydrogens (tertiary/aromatic N) is 2. The second kappa shape index (κ2) is 12.2. The van der Waals surface area contributed by atoms with Gasteiger partial charge in [0.2, 0.25) is 11.8 Å². The maximum atomic E-state index is 11.9. The Labute approximate surface area is 172 Å². The number of carbonyl (C=O) groups excluding carboxylic acids is 2. The van der Waals surface area contributed by atoms with Gasteiger partial charge in [-0.25, -0.2) is 10.9 Å². The molecule has 0 aromatic heterocycles. The van der Waals surface area contributed by atoms with Gasteiger partial charge < -0.3 is 0 Å². The number of hydrazone groups is 2. The molecule has 2 aromatic rings. The van der Waals surface area contributed by atoms with Crippen LogP contribution in [0.5, 0.6) is 0 Å².